The van der Waals surface area contributed by atoms with E-state index in [1.165, 1.54) is 6.92 Å². The van der Waals surface area contributed by atoms with Gasteiger partial charge < -0.3 is 5.32 Å². The van der Waals surface area contributed by atoms with Crippen LogP contribution in [0, 0.1) is 0 Å². The minimum Gasteiger partial charge on any atom is -0.324 e. The number of carbonyl (C=O) groups excluding carboxylic acids is 2. The number of amides is 2. The summed E-state index contributed by atoms with van der Waals surface area (Å²) in [5, 5.41) is 2.99. The molecular formula is C19H20N2O2. The fourth-order valence-electron chi connectivity index (χ4n) is 3.15. The molecule has 4 heteroatoms. The smallest absolute Gasteiger partial charge is 0.247 e. The number of carbonyl (C=O) groups is 2. The number of aryl methyl sites for hydroxylation is 1. The molecule has 1 atom stereocenters. The third-order valence-corrected chi connectivity index (χ3v) is 4.27. The van der Waals surface area contributed by atoms with Gasteiger partial charge >= 0.3 is 0 Å². The third-order valence-electron chi connectivity index (χ3n) is 4.27. The predicted octanol–water partition coefficient (Wildman–Crippen LogP) is 3.17. The van der Waals surface area contributed by atoms with E-state index < -0.39 is 6.04 Å². The van der Waals surface area contributed by atoms with Crippen LogP contribution in [0.1, 0.15) is 25.0 Å². The number of hydrogen-bond donors (Lipinski definition) is 1. The minimum atomic E-state index is -0.491. The van der Waals surface area contributed by atoms with Gasteiger partial charge in [0, 0.05) is 24.7 Å². The van der Waals surface area contributed by atoms with E-state index in [0.29, 0.717) is 6.42 Å². The van der Waals surface area contributed by atoms with Crippen LogP contribution in [0.3, 0.4) is 0 Å². The lowest BCUT2D eigenvalue weighted by Crippen LogP contribution is -2.44. The Morgan fingerprint density at radius 2 is 1.83 bits per heavy atom. The molecule has 0 radical (unpaired) electrons. The first-order valence-corrected chi connectivity index (χ1v) is 7.88. The van der Waals surface area contributed by atoms with Gasteiger partial charge in [0.15, 0.2) is 0 Å². The van der Waals surface area contributed by atoms with Crippen LogP contribution in [-0.2, 0) is 22.4 Å². The topological polar surface area (TPSA) is 49.4 Å². The summed E-state index contributed by atoms with van der Waals surface area (Å²) < 4.78 is 0. The van der Waals surface area contributed by atoms with Crippen LogP contribution < -0.4 is 10.2 Å². The molecule has 118 valence electrons. The highest BCUT2D eigenvalue weighted by molar-refractivity contribution is 6.06. The van der Waals surface area contributed by atoms with Crippen LogP contribution in [0.2, 0.25) is 0 Å². The molecule has 1 heterocycles. The number of anilines is 2. The molecule has 0 spiro atoms. The molecule has 0 saturated carbocycles. The van der Waals surface area contributed by atoms with E-state index in [1.807, 2.05) is 48.5 Å². The van der Waals surface area contributed by atoms with E-state index in [2.05, 4.69) is 12.2 Å². The first kappa shape index (κ1) is 15.3. The minimum absolute atomic E-state index is 0.112. The zero-order chi connectivity index (χ0) is 16.4. The fourth-order valence-corrected chi connectivity index (χ4v) is 3.15. The van der Waals surface area contributed by atoms with Crippen molar-refractivity contribution in [3.63, 3.8) is 0 Å². The Labute approximate surface area is 136 Å². The molecule has 4 nitrogen and oxygen atoms in total. The Balaban J connectivity index is 1.87. The van der Waals surface area contributed by atoms with Gasteiger partial charge in [0.05, 0.1) is 0 Å². The molecule has 0 aliphatic carbocycles. The van der Waals surface area contributed by atoms with E-state index in [1.54, 1.807) is 4.90 Å². The van der Waals surface area contributed by atoms with Crippen molar-refractivity contribution in [1.82, 2.24) is 0 Å². The largest absolute Gasteiger partial charge is 0.324 e. The Kier molecular flexibility index (Phi) is 4.15. The lowest BCUT2D eigenvalue weighted by atomic mass is 10.1. The van der Waals surface area contributed by atoms with Crippen molar-refractivity contribution in [2.24, 2.45) is 0 Å². The zero-order valence-corrected chi connectivity index (χ0v) is 13.4. The molecule has 2 aromatic rings. The summed E-state index contributed by atoms with van der Waals surface area (Å²) in [6, 6.07) is 15.0. The standard InChI is InChI=1S/C19H20N2O2/c1-3-14-8-4-6-10-16(14)20-19(23)18-12-15-9-5-7-11-17(15)21(18)13(2)22/h4-11,18H,3,12H2,1-2H3,(H,20,23). The molecule has 0 fully saturated rings. The molecule has 0 bridgehead atoms. The van der Waals surface area contributed by atoms with Crippen molar-refractivity contribution in [2.45, 2.75) is 32.7 Å². The summed E-state index contributed by atoms with van der Waals surface area (Å²) in [5.74, 6) is -0.254. The molecule has 1 N–H and O–H groups in total. The van der Waals surface area contributed by atoms with Crippen LogP contribution in [0.25, 0.3) is 0 Å². The van der Waals surface area contributed by atoms with Crippen LogP contribution in [0.5, 0.6) is 0 Å². The van der Waals surface area contributed by atoms with Crippen molar-refractivity contribution in [3.8, 4) is 0 Å². The summed E-state index contributed by atoms with van der Waals surface area (Å²) in [7, 11) is 0. The van der Waals surface area contributed by atoms with Crippen LogP contribution in [0.15, 0.2) is 48.5 Å². The maximum absolute atomic E-state index is 12.8. The molecule has 3 rings (SSSR count). The normalized spacial score (nSPS) is 16.1. The highest BCUT2D eigenvalue weighted by Crippen LogP contribution is 2.32. The van der Waals surface area contributed by atoms with E-state index >= 15 is 0 Å². The maximum atomic E-state index is 12.8. The Bertz CT molecular complexity index is 755. The zero-order valence-electron chi connectivity index (χ0n) is 13.4. The Morgan fingerprint density at radius 3 is 2.57 bits per heavy atom. The lowest BCUT2D eigenvalue weighted by Gasteiger charge is -2.24. The van der Waals surface area contributed by atoms with Gasteiger partial charge in [0.2, 0.25) is 11.8 Å². The van der Waals surface area contributed by atoms with Gasteiger partial charge in [-0.1, -0.05) is 43.3 Å². The van der Waals surface area contributed by atoms with Gasteiger partial charge in [-0.15, -0.1) is 0 Å². The van der Waals surface area contributed by atoms with Gasteiger partial charge in [-0.05, 0) is 29.7 Å². The quantitative estimate of drug-likeness (QED) is 0.947. The molecule has 2 amide bonds. The maximum Gasteiger partial charge on any atom is 0.247 e. The van der Waals surface area contributed by atoms with Gasteiger partial charge in [0.1, 0.15) is 6.04 Å². The van der Waals surface area contributed by atoms with Gasteiger partial charge in [0.25, 0.3) is 0 Å². The number of rotatable bonds is 3. The summed E-state index contributed by atoms with van der Waals surface area (Å²) in [4.78, 5) is 26.4. The monoisotopic (exact) mass is 308 g/mol. The van der Waals surface area contributed by atoms with Crippen molar-refractivity contribution in [1.29, 1.82) is 0 Å². The third kappa shape index (κ3) is 2.84. The van der Waals surface area contributed by atoms with Gasteiger partial charge in [-0.25, -0.2) is 0 Å². The fraction of sp³-hybridized carbons (Fsp3) is 0.263. The Hall–Kier alpha value is -2.62. The summed E-state index contributed by atoms with van der Waals surface area (Å²) in [5.41, 5.74) is 3.78. The lowest BCUT2D eigenvalue weighted by molar-refractivity contribution is -0.122. The molecule has 23 heavy (non-hydrogen) atoms. The van der Waals surface area contributed by atoms with E-state index in [0.717, 1.165) is 28.9 Å². The highest BCUT2D eigenvalue weighted by atomic mass is 16.2. The molecule has 0 saturated heterocycles. The second-order valence-electron chi connectivity index (χ2n) is 5.74. The van der Waals surface area contributed by atoms with Crippen molar-refractivity contribution >= 4 is 23.2 Å². The van der Waals surface area contributed by atoms with Crippen molar-refractivity contribution < 1.29 is 9.59 Å². The highest BCUT2D eigenvalue weighted by Gasteiger charge is 2.36. The molecule has 1 unspecified atom stereocenters. The van der Waals surface area contributed by atoms with Gasteiger partial charge in [-0.2, -0.15) is 0 Å². The van der Waals surface area contributed by atoms with Crippen LogP contribution >= 0.6 is 0 Å². The number of nitrogens with one attached hydrogen (secondary N) is 1. The number of hydrogen-bond acceptors (Lipinski definition) is 2. The second-order valence-corrected chi connectivity index (χ2v) is 5.74. The van der Waals surface area contributed by atoms with Crippen LogP contribution in [-0.4, -0.2) is 17.9 Å². The predicted molar refractivity (Wildman–Crippen MR) is 91.5 cm³/mol. The molecule has 1 aliphatic rings. The summed E-state index contributed by atoms with van der Waals surface area (Å²) in [6.45, 7) is 3.56. The molecule has 2 aromatic carbocycles. The van der Waals surface area contributed by atoms with Crippen molar-refractivity contribution in [2.75, 3.05) is 10.2 Å². The molecule has 1 aliphatic heterocycles. The number of fused-ring (bicyclic) bond motifs is 1. The molecule has 0 aromatic heterocycles. The van der Waals surface area contributed by atoms with E-state index in [-0.39, 0.29) is 11.8 Å². The first-order valence-electron chi connectivity index (χ1n) is 7.88. The van der Waals surface area contributed by atoms with E-state index in [4.69, 9.17) is 0 Å². The summed E-state index contributed by atoms with van der Waals surface area (Å²) in [6.07, 6.45) is 1.40. The van der Waals surface area contributed by atoms with Crippen molar-refractivity contribution in [3.05, 3.63) is 59.7 Å². The number of benzene rings is 2. The average Bonchev–Trinajstić information content (AvgIpc) is 2.95. The summed E-state index contributed by atoms with van der Waals surface area (Å²) >= 11 is 0. The molecular weight excluding hydrogens is 288 g/mol. The van der Waals surface area contributed by atoms with Gasteiger partial charge in [-0.3, -0.25) is 14.5 Å². The number of para-hydroxylation sites is 2. The van der Waals surface area contributed by atoms with E-state index in [9.17, 15) is 9.59 Å². The Morgan fingerprint density at radius 1 is 1.13 bits per heavy atom. The second kappa shape index (κ2) is 6.24. The van der Waals surface area contributed by atoms with Crippen LogP contribution in [0.4, 0.5) is 11.4 Å². The first-order chi connectivity index (χ1) is 11.1. The average molecular weight is 308 g/mol. The SMILES string of the molecule is CCc1ccccc1NC(=O)C1Cc2ccccc2N1C(C)=O. The number of nitrogens with zero attached hydrogens (tertiary/aromatic N) is 1.